The van der Waals surface area contributed by atoms with Gasteiger partial charge in [-0.3, -0.25) is 10.2 Å². The first-order valence-corrected chi connectivity index (χ1v) is 7.07. The lowest BCUT2D eigenvalue weighted by Crippen LogP contribution is -2.14. The summed E-state index contributed by atoms with van der Waals surface area (Å²) < 4.78 is 0.855. The largest absolute Gasteiger partial charge is 0.286 e. The first-order chi connectivity index (χ1) is 10.1. The zero-order valence-electron chi connectivity index (χ0n) is 10.7. The Morgan fingerprint density at radius 3 is 2.33 bits per heavy atom. The van der Waals surface area contributed by atoms with E-state index in [0.29, 0.717) is 16.3 Å². The highest BCUT2D eigenvalue weighted by atomic mass is 79.9. The molecule has 21 heavy (non-hydrogen) atoms. The lowest BCUT2D eigenvalue weighted by Gasteiger charge is -2.02. The highest BCUT2D eigenvalue weighted by Gasteiger charge is 2.13. The number of rotatable bonds is 4. The van der Waals surface area contributed by atoms with Crippen molar-refractivity contribution in [2.24, 2.45) is 5.10 Å². The van der Waals surface area contributed by atoms with Crippen LogP contribution in [0.2, 0.25) is 5.02 Å². The number of nitriles is 1. The molecule has 0 fully saturated rings. The Labute approximate surface area is 135 Å². The van der Waals surface area contributed by atoms with Crippen LogP contribution >= 0.6 is 27.5 Å². The van der Waals surface area contributed by atoms with Crippen LogP contribution in [0.5, 0.6) is 0 Å². The minimum absolute atomic E-state index is 0.215. The molecule has 0 spiro atoms. The van der Waals surface area contributed by atoms with Gasteiger partial charge in [0, 0.05) is 15.1 Å². The summed E-state index contributed by atoms with van der Waals surface area (Å²) in [6.45, 7) is 0. The molecule has 2 rings (SSSR count). The number of Topliss-reactive ketones (excluding diaryl/α,β-unsaturated/α-hetero) is 1. The zero-order chi connectivity index (χ0) is 15.2. The molecule has 0 saturated carbocycles. The Morgan fingerprint density at radius 2 is 1.76 bits per heavy atom. The highest BCUT2D eigenvalue weighted by molar-refractivity contribution is 9.10. The van der Waals surface area contributed by atoms with Crippen molar-refractivity contribution in [1.82, 2.24) is 0 Å². The Balaban J connectivity index is 2.17. The van der Waals surface area contributed by atoms with Crippen molar-refractivity contribution in [2.75, 3.05) is 5.43 Å². The molecule has 0 amide bonds. The van der Waals surface area contributed by atoms with E-state index >= 15 is 0 Å². The average molecular weight is 363 g/mol. The second kappa shape index (κ2) is 7.02. The molecule has 0 saturated heterocycles. The van der Waals surface area contributed by atoms with E-state index < -0.39 is 5.78 Å². The molecule has 0 aliphatic carbocycles. The summed E-state index contributed by atoms with van der Waals surface area (Å²) >= 11 is 9.06. The number of benzene rings is 2. The number of ketones is 1. The van der Waals surface area contributed by atoms with Crippen molar-refractivity contribution < 1.29 is 4.79 Å². The van der Waals surface area contributed by atoms with Crippen molar-refractivity contribution in [3.05, 3.63) is 63.6 Å². The summed E-state index contributed by atoms with van der Waals surface area (Å²) in [7, 11) is 0. The molecule has 0 aliphatic heterocycles. The van der Waals surface area contributed by atoms with E-state index in [1.54, 1.807) is 54.6 Å². The first kappa shape index (κ1) is 15.2. The lowest BCUT2D eigenvalue weighted by molar-refractivity contribution is 0.106. The van der Waals surface area contributed by atoms with E-state index in [1.165, 1.54) is 0 Å². The van der Waals surface area contributed by atoms with E-state index in [-0.39, 0.29) is 5.71 Å². The van der Waals surface area contributed by atoms with E-state index in [0.717, 1.165) is 4.47 Å². The van der Waals surface area contributed by atoms with Gasteiger partial charge in [-0.15, -0.1) is 0 Å². The van der Waals surface area contributed by atoms with Gasteiger partial charge in [0.25, 0.3) is 0 Å². The topological polar surface area (TPSA) is 65.2 Å². The van der Waals surface area contributed by atoms with E-state index in [1.807, 2.05) is 0 Å². The standard InChI is InChI=1S/C15H9BrClN3O/c16-11-3-1-10(2-4-11)15(21)14(9-18)20-19-13-7-5-12(17)6-8-13/h1-8,19H/b20-14+. The molecule has 0 heterocycles. The Morgan fingerprint density at radius 1 is 1.14 bits per heavy atom. The van der Waals surface area contributed by atoms with Crippen molar-refractivity contribution in [3.8, 4) is 6.07 Å². The summed E-state index contributed by atoms with van der Waals surface area (Å²) in [6, 6.07) is 15.3. The van der Waals surface area contributed by atoms with Crippen LogP contribution in [0.25, 0.3) is 0 Å². The number of nitrogens with zero attached hydrogens (tertiary/aromatic N) is 2. The van der Waals surface area contributed by atoms with Crippen LogP contribution < -0.4 is 5.43 Å². The Kier molecular flexibility index (Phi) is 5.09. The van der Waals surface area contributed by atoms with Gasteiger partial charge < -0.3 is 0 Å². The van der Waals surface area contributed by atoms with Gasteiger partial charge >= 0.3 is 0 Å². The third-order valence-electron chi connectivity index (χ3n) is 2.57. The maximum absolute atomic E-state index is 12.1. The number of hydrogen-bond donors (Lipinski definition) is 1. The SMILES string of the molecule is N#C/C(=N\Nc1ccc(Cl)cc1)C(=O)c1ccc(Br)cc1. The maximum Gasteiger partial charge on any atom is 0.223 e. The van der Waals surface area contributed by atoms with Gasteiger partial charge in [-0.25, -0.2) is 0 Å². The number of hydrogen-bond acceptors (Lipinski definition) is 4. The van der Waals surface area contributed by atoms with E-state index in [4.69, 9.17) is 16.9 Å². The van der Waals surface area contributed by atoms with Gasteiger partial charge in [-0.1, -0.05) is 27.5 Å². The molecule has 0 aliphatic rings. The van der Waals surface area contributed by atoms with Crippen molar-refractivity contribution in [3.63, 3.8) is 0 Å². The number of hydrazone groups is 1. The van der Waals surface area contributed by atoms with Crippen LogP contribution in [-0.2, 0) is 0 Å². The molecule has 1 N–H and O–H groups in total. The summed E-state index contributed by atoms with van der Waals surface area (Å²) in [5, 5.41) is 13.5. The molecule has 2 aromatic rings. The first-order valence-electron chi connectivity index (χ1n) is 5.90. The molecule has 6 heteroatoms. The Bertz CT molecular complexity index is 718. The molecular weight excluding hydrogens is 354 g/mol. The van der Waals surface area contributed by atoms with Crippen molar-refractivity contribution in [1.29, 1.82) is 5.26 Å². The van der Waals surface area contributed by atoms with Gasteiger partial charge in [-0.2, -0.15) is 10.4 Å². The fourth-order valence-electron chi connectivity index (χ4n) is 1.51. The number of carbonyl (C=O) groups excluding carboxylic acids is 1. The van der Waals surface area contributed by atoms with Gasteiger partial charge in [-0.05, 0) is 48.5 Å². The highest BCUT2D eigenvalue weighted by Crippen LogP contribution is 2.14. The molecule has 0 bridgehead atoms. The number of anilines is 1. The third kappa shape index (κ3) is 4.15. The quantitative estimate of drug-likeness (QED) is 0.501. The molecular formula is C15H9BrClN3O. The lowest BCUT2D eigenvalue weighted by atomic mass is 10.1. The maximum atomic E-state index is 12.1. The predicted octanol–water partition coefficient (Wildman–Crippen LogP) is 4.28. The van der Waals surface area contributed by atoms with E-state index in [2.05, 4.69) is 26.5 Å². The molecule has 0 radical (unpaired) electrons. The van der Waals surface area contributed by atoms with Crippen LogP contribution in [0, 0.1) is 11.3 Å². The number of halogens is 2. The van der Waals surface area contributed by atoms with Gasteiger partial charge in [0.1, 0.15) is 6.07 Å². The molecule has 2 aromatic carbocycles. The average Bonchev–Trinajstić information content (AvgIpc) is 2.50. The van der Waals surface area contributed by atoms with E-state index in [9.17, 15) is 4.79 Å². The predicted molar refractivity (Wildman–Crippen MR) is 86.6 cm³/mol. The van der Waals surface area contributed by atoms with Crippen LogP contribution in [-0.4, -0.2) is 11.5 Å². The van der Waals surface area contributed by atoms with Gasteiger partial charge in [0.05, 0.1) is 5.69 Å². The van der Waals surface area contributed by atoms with Crippen LogP contribution in [0.15, 0.2) is 58.1 Å². The molecule has 0 aromatic heterocycles. The minimum atomic E-state index is -0.438. The number of carbonyl (C=O) groups is 1. The smallest absolute Gasteiger partial charge is 0.223 e. The fraction of sp³-hybridized carbons (Fsp3) is 0. The van der Waals surface area contributed by atoms with Crippen LogP contribution in [0.3, 0.4) is 0 Å². The van der Waals surface area contributed by atoms with Crippen LogP contribution in [0.4, 0.5) is 5.69 Å². The zero-order valence-corrected chi connectivity index (χ0v) is 13.0. The summed E-state index contributed by atoms with van der Waals surface area (Å²) in [5.74, 6) is -0.438. The molecule has 0 unspecified atom stereocenters. The van der Waals surface area contributed by atoms with Gasteiger partial charge in [0.15, 0.2) is 0 Å². The summed E-state index contributed by atoms with van der Waals surface area (Å²) in [4.78, 5) is 12.1. The van der Waals surface area contributed by atoms with Crippen LogP contribution in [0.1, 0.15) is 10.4 Å². The summed E-state index contributed by atoms with van der Waals surface area (Å²) in [5.41, 5.74) is 3.48. The normalized spacial score (nSPS) is 10.8. The fourth-order valence-corrected chi connectivity index (χ4v) is 1.90. The molecule has 0 atom stereocenters. The number of nitrogens with one attached hydrogen (secondary N) is 1. The molecule has 4 nitrogen and oxygen atoms in total. The second-order valence-electron chi connectivity index (χ2n) is 4.03. The van der Waals surface area contributed by atoms with Crippen molar-refractivity contribution in [2.45, 2.75) is 0 Å². The van der Waals surface area contributed by atoms with Gasteiger partial charge in [0.2, 0.25) is 11.5 Å². The summed E-state index contributed by atoms with van der Waals surface area (Å²) in [6.07, 6.45) is 0. The Hall–Kier alpha value is -2.16. The monoisotopic (exact) mass is 361 g/mol. The van der Waals surface area contributed by atoms with Crippen molar-refractivity contribution >= 4 is 44.7 Å². The third-order valence-corrected chi connectivity index (χ3v) is 3.35. The minimum Gasteiger partial charge on any atom is -0.286 e. The molecule has 104 valence electrons. The second-order valence-corrected chi connectivity index (χ2v) is 5.38.